The highest BCUT2D eigenvalue weighted by molar-refractivity contribution is 5.74. The van der Waals surface area contributed by atoms with Crippen LogP contribution in [0.15, 0.2) is 12.1 Å². The predicted molar refractivity (Wildman–Crippen MR) is 64.2 cm³/mol. The first-order valence-corrected chi connectivity index (χ1v) is 5.36. The second-order valence-electron chi connectivity index (χ2n) is 3.67. The second-order valence-corrected chi connectivity index (χ2v) is 3.67. The summed E-state index contributed by atoms with van der Waals surface area (Å²) in [6.45, 7) is 2.75. The lowest BCUT2D eigenvalue weighted by atomic mass is 10.1. The van der Waals surface area contributed by atoms with Crippen LogP contribution in [-0.2, 0) is 9.63 Å². The summed E-state index contributed by atoms with van der Waals surface area (Å²) < 4.78 is 10.1. The van der Waals surface area contributed by atoms with Gasteiger partial charge in [-0.25, -0.2) is 4.79 Å². The van der Waals surface area contributed by atoms with Crippen LogP contribution in [0.3, 0.4) is 0 Å². The third kappa shape index (κ3) is 4.43. The number of nitrogens with two attached hydrogens (primary N) is 1. The van der Waals surface area contributed by atoms with Crippen molar-refractivity contribution in [3.05, 3.63) is 33.4 Å². The fraction of sp³-hybridized carbons (Fsp3) is 0.364. The highest BCUT2D eigenvalue weighted by atomic mass is 17.0. The molecule has 0 aliphatic rings. The molecule has 0 radical (unpaired) electrons. The van der Waals surface area contributed by atoms with Crippen molar-refractivity contribution in [3.8, 4) is 11.5 Å². The molecule has 1 rings (SSSR count). The van der Waals surface area contributed by atoms with Crippen LogP contribution in [0.2, 0.25) is 0 Å². The molecule has 2 N–H and O–H groups in total. The van der Waals surface area contributed by atoms with Crippen molar-refractivity contribution in [2.24, 2.45) is 5.73 Å². The Labute approximate surface area is 109 Å². The maximum atomic E-state index is 11.3. The van der Waals surface area contributed by atoms with Crippen molar-refractivity contribution in [2.45, 2.75) is 13.8 Å². The molecule has 0 bridgehead atoms. The fourth-order valence-corrected chi connectivity index (χ4v) is 1.38. The van der Waals surface area contributed by atoms with Gasteiger partial charge in [0.05, 0.1) is 0 Å². The summed E-state index contributed by atoms with van der Waals surface area (Å²) in [6.07, 6.45) is 0. The number of rotatable bonds is 6. The van der Waals surface area contributed by atoms with Gasteiger partial charge < -0.3 is 14.3 Å². The van der Waals surface area contributed by atoms with Crippen LogP contribution in [0.1, 0.15) is 11.1 Å². The Morgan fingerprint density at radius 1 is 1.32 bits per heavy atom. The molecule has 0 fully saturated rings. The Balaban J connectivity index is 2.76. The largest absolute Gasteiger partial charge is 0.478 e. The smallest absolute Gasteiger partial charge is 0.337 e. The van der Waals surface area contributed by atoms with Gasteiger partial charge in [-0.05, 0) is 37.1 Å². The van der Waals surface area contributed by atoms with E-state index in [1.807, 2.05) is 0 Å². The van der Waals surface area contributed by atoms with E-state index in [2.05, 4.69) is 4.84 Å². The van der Waals surface area contributed by atoms with E-state index in [1.54, 1.807) is 26.0 Å². The summed E-state index contributed by atoms with van der Waals surface area (Å²) in [6, 6.07) is 3.25. The van der Waals surface area contributed by atoms with Crippen molar-refractivity contribution >= 4 is 5.97 Å². The molecule has 0 atom stereocenters. The first-order valence-electron chi connectivity index (χ1n) is 5.36. The van der Waals surface area contributed by atoms with Crippen LogP contribution in [0.4, 0.5) is 0 Å². The van der Waals surface area contributed by atoms with Crippen molar-refractivity contribution in [1.82, 2.24) is 0 Å². The minimum atomic E-state index is -1.06. The molecule has 0 saturated carbocycles. The van der Waals surface area contributed by atoms with E-state index in [-0.39, 0.29) is 6.73 Å². The molecule has 0 amide bonds. The van der Waals surface area contributed by atoms with Crippen molar-refractivity contribution in [3.63, 3.8) is 0 Å². The number of benzene rings is 1. The molecule has 0 aromatic heterocycles. The highest BCUT2D eigenvalue weighted by Gasteiger charge is 2.12. The van der Waals surface area contributed by atoms with E-state index in [1.165, 1.54) is 0 Å². The number of hydrogen-bond donors (Lipinski definition) is 1. The zero-order valence-corrected chi connectivity index (χ0v) is 10.5. The third-order valence-electron chi connectivity index (χ3n) is 2.22. The SMILES string of the molecule is Cc1cc(OC(=O)CO[N+](=O)[O-])c(C)cc1OCN. The maximum absolute atomic E-state index is 11.3. The van der Waals surface area contributed by atoms with E-state index in [9.17, 15) is 14.9 Å². The lowest BCUT2D eigenvalue weighted by Gasteiger charge is -2.12. The van der Waals surface area contributed by atoms with Crippen LogP contribution in [0.25, 0.3) is 0 Å². The van der Waals surface area contributed by atoms with Crippen molar-refractivity contribution in [1.29, 1.82) is 0 Å². The zero-order valence-electron chi connectivity index (χ0n) is 10.5. The quantitative estimate of drug-likeness (QED) is 0.266. The molecule has 104 valence electrons. The van der Waals surface area contributed by atoms with Crippen LogP contribution in [-0.4, -0.2) is 24.4 Å². The summed E-state index contributed by atoms with van der Waals surface area (Å²) in [4.78, 5) is 25.1. The molecular weight excluding hydrogens is 256 g/mol. The average molecular weight is 270 g/mol. The Hall–Kier alpha value is -2.35. The molecule has 19 heavy (non-hydrogen) atoms. The van der Waals surface area contributed by atoms with Gasteiger partial charge in [-0.3, -0.25) is 5.73 Å². The molecule has 1 aromatic carbocycles. The number of esters is 1. The van der Waals surface area contributed by atoms with Gasteiger partial charge in [0.1, 0.15) is 18.2 Å². The Bertz CT molecular complexity index is 488. The highest BCUT2D eigenvalue weighted by Crippen LogP contribution is 2.27. The number of hydrogen-bond acceptors (Lipinski definition) is 7. The number of carbonyl (C=O) groups is 1. The molecule has 0 unspecified atom stereocenters. The topological polar surface area (TPSA) is 114 Å². The number of ether oxygens (including phenoxy) is 2. The van der Waals surface area contributed by atoms with Gasteiger partial charge in [0.2, 0.25) is 0 Å². The monoisotopic (exact) mass is 270 g/mol. The maximum Gasteiger partial charge on any atom is 0.337 e. The van der Waals surface area contributed by atoms with Gasteiger partial charge in [-0.15, -0.1) is 10.1 Å². The Morgan fingerprint density at radius 3 is 2.47 bits per heavy atom. The van der Waals surface area contributed by atoms with E-state index in [0.29, 0.717) is 17.1 Å². The molecule has 0 heterocycles. The normalized spacial score (nSPS) is 9.84. The Kier molecular flexibility index (Phi) is 5.07. The lowest BCUT2D eigenvalue weighted by molar-refractivity contribution is -0.754. The summed E-state index contributed by atoms with van der Waals surface area (Å²) >= 11 is 0. The number of carbonyl (C=O) groups excluding carboxylic acids is 1. The molecule has 8 heteroatoms. The standard InChI is InChI=1S/C11H14N2O6/c1-7-4-10(8(2)3-9(7)17-6-12)19-11(14)5-18-13(15)16/h3-4H,5-6,12H2,1-2H3. The molecule has 8 nitrogen and oxygen atoms in total. The minimum Gasteiger partial charge on any atom is -0.478 e. The van der Waals surface area contributed by atoms with E-state index < -0.39 is 17.7 Å². The van der Waals surface area contributed by atoms with Crippen LogP contribution < -0.4 is 15.2 Å². The van der Waals surface area contributed by atoms with Gasteiger partial charge in [0, 0.05) is 0 Å². The Morgan fingerprint density at radius 2 is 1.89 bits per heavy atom. The van der Waals surface area contributed by atoms with Crippen LogP contribution in [0.5, 0.6) is 11.5 Å². The summed E-state index contributed by atoms with van der Waals surface area (Å²) in [5.41, 5.74) is 6.65. The fourth-order valence-electron chi connectivity index (χ4n) is 1.38. The average Bonchev–Trinajstić information content (AvgIpc) is 2.33. The zero-order chi connectivity index (χ0) is 14.4. The van der Waals surface area contributed by atoms with Gasteiger partial charge in [0.25, 0.3) is 5.09 Å². The summed E-state index contributed by atoms with van der Waals surface area (Å²) in [7, 11) is 0. The van der Waals surface area contributed by atoms with Crippen LogP contribution in [0, 0.1) is 24.0 Å². The first kappa shape index (κ1) is 14.7. The van der Waals surface area contributed by atoms with Crippen molar-refractivity contribution in [2.75, 3.05) is 13.3 Å². The summed E-state index contributed by atoms with van der Waals surface area (Å²) in [5, 5.41) is 8.88. The lowest BCUT2D eigenvalue weighted by Crippen LogP contribution is -2.18. The van der Waals surface area contributed by atoms with Gasteiger partial charge in [-0.1, -0.05) is 0 Å². The van der Waals surface area contributed by atoms with Crippen molar-refractivity contribution < 1.29 is 24.2 Å². The number of aryl methyl sites for hydroxylation is 2. The second kappa shape index (κ2) is 6.55. The molecule has 0 spiro atoms. The molecule has 0 aliphatic heterocycles. The van der Waals surface area contributed by atoms with Gasteiger partial charge >= 0.3 is 5.97 Å². The van der Waals surface area contributed by atoms with Gasteiger partial charge in [-0.2, -0.15) is 0 Å². The molecule has 0 saturated heterocycles. The number of nitrogens with zero attached hydrogens (tertiary/aromatic N) is 1. The predicted octanol–water partition coefficient (Wildman–Crippen LogP) is 0.712. The van der Waals surface area contributed by atoms with Gasteiger partial charge in [0.15, 0.2) is 6.61 Å². The van der Waals surface area contributed by atoms with E-state index >= 15 is 0 Å². The molecule has 0 aliphatic carbocycles. The molecule has 1 aromatic rings. The molecular formula is C11H14N2O6. The van der Waals surface area contributed by atoms with E-state index in [4.69, 9.17) is 15.2 Å². The van der Waals surface area contributed by atoms with Crippen LogP contribution >= 0.6 is 0 Å². The first-order chi connectivity index (χ1) is 8.93. The third-order valence-corrected chi connectivity index (χ3v) is 2.22. The van der Waals surface area contributed by atoms with E-state index in [0.717, 1.165) is 5.56 Å². The minimum absolute atomic E-state index is 0.0378. The summed E-state index contributed by atoms with van der Waals surface area (Å²) in [5.74, 6) is 0.0202.